The van der Waals surface area contributed by atoms with E-state index in [1.165, 1.54) is 23.9 Å². The van der Waals surface area contributed by atoms with E-state index in [-0.39, 0.29) is 16.5 Å². The molecule has 2 aromatic heterocycles. The Morgan fingerprint density at radius 3 is 2.63 bits per heavy atom. The van der Waals surface area contributed by atoms with Gasteiger partial charge in [-0.1, -0.05) is 5.16 Å². The molecule has 0 spiro atoms. The van der Waals surface area contributed by atoms with Crippen LogP contribution in [0.25, 0.3) is 0 Å². The average molecular weight is 285 g/mol. The number of aromatic nitrogens is 2. The van der Waals surface area contributed by atoms with Crippen LogP contribution in [0.3, 0.4) is 0 Å². The van der Waals surface area contributed by atoms with Crippen molar-refractivity contribution in [2.24, 2.45) is 7.05 Å². The second-order valence-corrected chi connectivity index (χ2v) is 5.60. The summed E-state index contributed by atoms with van der Waals surface area (Å²) in [5, 5.41) is 12.4. The highest BCUT2D eigenvalue weighted by molar-refractivity contribution is 7.92. The molecule has 0 amide bonds. The Morgan fingerprint density at radius 1 is 1.47 bits per heavy atom. The van der Waals surface area contributed by atoms with Crippen molar-refractivity contribution in [3.63, 3.8) is 0 Å². The Hall–Kier alpha value is -2.29. The van der Waals surface area contributed by atoms with Gasteiger partial charge in [0.1, 0.15) is 10.6 Å². The fraction of sp³-hybridized carbons (Fsp3) is 0.200. The number of carbonyl (C=O) groups is 1. The van der Waals surface area contributed by atoms with E-state index in [2.05, 4.69) is 9.88 Å². The average Bonchev–Trinajstić information content (AvgIpc) is 2.84. The number of hydrogen-bond acceptors (Lipinski definition) is 5. The van der Waals surface area contributed by atoms with E-state index in [9.17, 15) is 13.2 Å². The SMILES string of the molecule is Cc1cc(NS(=O)(=O)c2cc(C(=O)O)n(C)c2)on1. The second kappa shape index (κ2) is 4.43. The molecule has 0 atom stereocenters. The Morgan fingerprint density at radius 2 is 2.16 bits per heavy atom. The van der Waals surface area contributed by atoms with Crippen molar-refractivity contribution in [1.29, 1.82) is 0 Å². The third-order valence-electron chi connectivity index (χ3n) is 2.37. The van der Waals surface area contributed by atoms with E-state index in [1.54, 1.807) is 6.92 Å². The second-order valence-electron chi connectivity index (χ2n) is 3.92. The molecule has 0 unspecified atom stereocenters. The number of carboxylic acid groups (broad SMARTS) is 1. The van der Waals surface area contributed by atoms with Crippen molar-refractivity contribution >= 4 is 21.9 Å². The highest BCUT2D eigenvalue weighted by Gasteiger charge is 2.21. The lowest BCUT2D eigenvalue weighted by molar-refractivity contribution is 0.0686. The van der Waals surface area contributed by atoms with Crippen LogP contribution in [0.15, 0.2) is 27.7 Å². The van der Waals surface area contributed by atoms with Crippen molar-refractivity contribution in [2.75, 3.05) is 4.72 Å². The first-order valence-electron chi connectivity index (χ1n) is 5.15. The zero-order chi connectivity index (χ0) is 14.2. The first-order valence-corrected chi connectivity index (χ1v) is 6.64. The van der Waals surface area contributed by atoms with Gasteiger partial charge in [-0.15, -0.1) is 0 Å². The largest absolute Gasteiger partial charge is 0.477 e. The summed E-state index contributed by atoms with van der Waals surface area (Å²) in [6.45, 7) is 1.65. The smallest absolute Gasteiger partial charge is 0.352 e. The first kappa shape index (κ1) is 13.1. The van der Waals surface area contributed by atoms with E-state index in [0.717, 1.165) is 6.07 Å². The van der Waals surface area contributed by atoms with Gasteiger partial charge in [0.2, 0.25) is 5.88 Å². The van der Waals surface area contributed by atoms with Crippen molar-refractivity contribution < 1.29 is 22.8 Å². The number of nitrogens with zero attached hydrogens (tertiary/aromatic N) is 2. The maximum Gasteiger partial charge on any atom is 0.352 e. The van der Waals surface area contributed by atoms with E-state index in [1.807, 2.05) is 0 Å². The minimum atomic E-state index is -3.90. The summed E-state index contributed by atoms with van der Waals surface area (Å²) in [7, 11) is -2.46. The Kier molecular flexibility index (Phi) is 3.06. The number of nitrogens with one attached hydrogen (secondary N) is 1. The number of hydrogen-bond donors (Lipinski definition) is 2. The summed E-state index contributed by atoms with van der Waals surface area (Å²) in [6.07, 6.45) is 1.20. The molecule has 19 heavy (non-hydrogen) atoms. The summed E-state index contributed by atoms with van der Waals surface area (Å²) in [6, 6.07) is 2.48. The van der Waals surface area contributed by atoms with Crippen LogP contribution in [-0.4, -0.2) is 29.2 Å². The number of aromatic carboxylic acids is 1. The molecule has 0 bridgehead atoms. The molecule has 0 radical (unpaired) electrons. The van der Waals surface area contributed by atoms with E-state index in [4.69, 9.17) is 9.63 Å². The van der Waals surface area contributed by atoms with Crippen LogP contribution in [0.2, 0.25) is 0 Å². The van der Waals surface area contributed by atoms with Gasteiger partial charge in [-0.05, 0) is 13.0 Å². The van der Waals surface area contributed by atoms with Gasteiger partial charge in [-0.25, -0.2) is 17.9 Å². The van der Waals surface area contributed by atoms with Crippen molar-refractivity contribution in [3.8, 4) is 0 Å². The van der Waals surface area contributed by atoms with Crippen LogP contribution in [0.4, 0.5) is 5.88 Å². The zero-order valence-corrected chi connectivity index (χ0v) is 10.9. The molecule has 0 saturated heterocycles. The number of aryl methyl sites for hydroxylation is 2. The van der Waals surface area contributed by atoms with Crippen molar-refractivity contribution in [2.45, 2.75) is 11.8 Å². The molecule has 2 heterocycles. The molecule has 0 aliphatic heterocycles. The van der Waals surface area contributed by atoms with Crippen molar-refractivity contribution in [3.05, 3.63) is 29.7 Å². The fourth-order valence-corrected chi connectivity index (χ4v) is 2.54. The Balaban J connectivity index is 2.34. The molecule has 0 aliphatic rings. The quantitative estimate of drug-likeness (QED) is 0.859. The van der Waals surface area contributed by atoms with Gasteiger partial charge in [0.25, 0.3) is 10.0 Å². The first-order chi connectivity index (χ1) is 8.79. The monoisotopic (exact) mass is 285 g/mol. The summed E-state index contributed by atoms with van der Waals surface area (Å²) in [5.74, 6) is -1.24. The molecule has 2 aromatic rings. The van der Waals surface area contributed by atoms with Gasteiger partial charge in [0.15, 0.2) is 0 Å². The lowest BCUT2D eigenvalue weighted by Crippen LogP contribution is -2.11. The molecule has 0 saturated carbocycles. The van der Waals surface area contributed by atoms with Crippen molar-refractivity contribution in [1.82, 2.24) is 9.72 Å². The fourth-order valence-electron chi connectivity index (χ4n) is 1.50. The van der Waals surface area contributed by atoms with Gasteiger partial charge in [0.05, 0.1) is 5.69 Å². The predicted octanol–water partition coefficient (Wildman–Crippen LogP) is 0.821. The van der Waals surface area contributed by atoms with Crippen LogP contribution in [0.1, 0.15) is 16.2 Å². The molecule has 2 N–H and O–H groups in total. The van der Waals surface area contributed by atoms with Gasteiger partial charge < -0.3 is 14.2 Å². The van der Waals surface area contributed by atoms with Gasteiger partial charge in [-0.2, -0.15) is 0 Å². The number of anilines is 1. The topological polar surface area (TPSA) is 114 Å². The molecular weight excluding hydrogens is 274 g/mol. The van der Waals surface area contributed by atoms with Crippen LogP contribution in [0.5, 0.6) is 0 Å². The zero-order valence-electron chi connectivity index (χ0n) is 10.1. The van der Waals surface area contributed by atoms with E-state index < -0.39 is 16.0 Å². The van der Waals surface area contributed by atoms with Gasteiger partial charge in [-0.3, -0.25) is 0 Å². The van der Waals surface area contributed by atoms with Crippen LogP contribution in [-0.2, 0) is 17.1 Å². The highest BCUT2D eigenvalue weighted by Crippen LogP contribution is 2.18. The Labute approximate surface area is 108 Å². The number of sulfonamides is 1. The van der Waals surface area contributed by atoms with Gasteiger partial charge >= 0.3 is 5.97 Å². The molecule has 2 rings (SSSR count). The molecule has 8 nitrogen and oxygen atoms in total. The lowest BCUT2D eigenvalue weighted by Gasteiger charge is -2.00. The lowest BCUT2D eigenvalue weighted by atomic mass is 10.4. The van der Waals surface area contributed by atoms with Crippen LogP contribution < -0.4 is 4.72 Å². The molecule has 9 heteroatoms. The summed E-state index contributed by atoms with van der Waals surface area (Å²) >= 11 is 0. The predicted molar refractivity (Wildman–Crippen MR) is 64.4 cm³/mol. The molecule has 0 aliphatic carbocycles. The third-order valence-corrected chi connectivity index (χ3v) is 3.69. The van der Waals surface area contributed by atoms with E-state index >= 15 is 0 Å². The van der Waals surface area contributed by atoms with E-state index in [0.29, 0.717) is 5.69 Å². The number of rotatable bonds is 4. The molecular formula is C10H11N3O5S. The third kappa shape index (κ3) is 2.60. The highest BCUT2D eigenvalue weighted by atomic mass is 32.2. The molecule has 0 aromatic carbocycles. The normalized spacial score (nSPS) is 11.5. The maximum atomic E-state index is 12.0. The summed E-state index contributed by atoms with van der Waals surface area (Å²) < 4.78 is 32.1. The standard InChI is InChI=1S/C10H11N3O5S/c1-6-3-9(18-11-6)12-19(16,17)7-4-8(10(14)15)13(2)5-7/h3-5,12H,1-2H3,(H,14,15). The summed E-state index contributed by atoms with van der Waals surface area (Å²) in [4.78, 5) is 10.7. The van der Waals surface area contributed by atoms with Crippen LogP contribution >= 0.6 is 0 Å². The molecule has 0 fully saturated rings. The van der Waals surface area contributed by atoms with Gasteiger partial charge in [0, 0.05) is 19.3 Å². The minimum Gasteiger partial charge on any atom is -0.477 e. The van der Waals surface area contributed by atoms with Crippen LogP contribution in [0, 0.1) is 6.92 Å². The maximum absolute atomic E-state index is 12.0. The minimum absolute atomic E-state index is 0.0294. The Bertz CT molecular complexity index is 728. The number of carboxylic acids is 1. The molecule has 102 valence electrons. The summed E-state index contributed by atoms with van der Waals surface area (Å²) in [5.41, 5.74) is 0.395.